The van der Waals surface area contributed by atoms with E-state index in [4.69, 9.17) is 10.5 Å². The Bertz CT molecular complexity index is 509. The number of nitrogens with two attached hydrogens (primary N) is 1. The normalized spacial score (nSPS) is 24.0. The summed E-state index contributed by atoms with van der Waals surface area (Å²) in [6.45, 7) is 2.04. The number of carbonyl (C=O) groups excluding carboxylic acids is 1. The number of rotatable bonds is 3. The summed E-state index contributed by atoms with van der Waals surface area (Å²) in [5, 5.41) is 0. The van der Waals surface area contributed by atoms with Crippen molar-refractivity contribution >= 4 is 11.9 Å². The summed E-state index contributed by atoms with van der Waals surface area (Å²) in [4.78, 5) is 17.8. The van der Waals surface area contributed by atoms with E-state index in [2.05, 4.69) is 4.99 Å². The van der Waals surface area contributed by atoms with Crippen LogP contribution in [0.5, 0.6) is 0 Å². The van der Waals surface area contributed by atoms with Gasteiger partial charge in [0.2, 0.25) is 0 Å². The number of amides is 2. The third-order valence-corrected chi connectivity index (χ3v) is 4.02. The van der Waals surface area contributed by atoms with Crippen molar-refractivity contribution in [2.45, 2.75) is 25.4 Å². The van der Waals surface area contributed by atoms with Crippen molar-refractivity contribution in [1.29, 1.82) is 0 Å². The Balaban J connectivity index is 1.78. The van der Waals surface area contributed by atoms with Crippen LogP contribution in [0.1, 0.15) is 18.4 Å². The molecule has 0 aromatic heterocycles. The van der Waals surface area contributed by atoms with Gasteiger partial charge in [-0.05, 0) is 24.3 Å². The summed E-state index contributed by atoms with van der Waals surface area (Å²) < 4.78 is 5.39. The van der Waals surface area contributed by atoms with Crippen molar-refractivity contribution in [3.05, 3.63) is 35.9 Å². The molecule has 0 aliphatic carbocycles. The zero-order valence-corrected chi connectivity index (χ0v) is 11.4. The van der Waals surface area contributed by atoms with E-state index in [9.17, 15) is 4.79 Å². The highest BCUT2D eigenvalue weighted by molar-refractivity contribution is 6.02. The molecule has 106 valence electrons. The third kappa shape index (κ3) is 2.54. The van der Waals surface area contributed by atoms with E-state index in [1.807, 2.05) is 30.3 Å². The van der Waals surface area contributed by atoms with E-state index in [1.54, 1.807) is 4.90 Å². The molecule has 0 radical (unpaired) electrons. The summed E-state index contributed by atoms with van der Waals surface area (Å²) in [5.74, 6) is 0.806. The number of ether oxygens (including phenoxy) is 1. The highest BCUT2D eigenvalue weighted by Gasteiger charge is 2.39. The number of aliphatic imine (C=N–C) groups is 1. The van der Waals surface area contributed by atoms with Crippen molar-refractivity contribution in [2.24, 2.45) is 16.6 Å². The number of amidine groups is 1. The van der Waals surface area contributed by atoms with Gasteiger partial charge in [-0.1, -0.05) is 30.3 Å². The largest absolute Gasteiger partial charge is 0.385 e. The minimum absolute atomic E-state index is 0.0772. The van der Waals surface area contributed by atoms with E-state index in [-0.39, 0.29) is 12.1 Å². The maximum atomic E-state index is 12.1. The van der Waals surface area contributed by atoms with E-state index in [1.165, 1.54) is 0 Å². The van der Waals surface area contributed by atoms with Crippen LogP contribution in [0.4, 0.5) is 4.79 Å². The lowest BCUT2D eigenvalue weighted by Gasteiger charge is -2.33. The number of carbonyl (C=O) groups is 1. The molecule has 3 rings (SSSR count). The summed E-state index contributed by atoms with van der Waals surface area (Å²) in [5.41, 5.74) is 7.09. The maximum Gasteiger partial charge on any atom is 0.346 e. The molecule has 2 N–H and O–H groups in total. The Morgan fingerprint density at radius 2 is 1.95 bits per heavy atom. The van der Waals surface area contributed by atoms with Crippen LogP contribution in [-0.4, -0.2) is 36.0 Å². The molecular weight excluding hydrogens is 254 g/mol. The van der Waals surface area contributed by atoms with Gasteiger partial charge < -0.3 is 15.4 Å². The van der Waals surface area contributed by atoms with Crippen molar-refractivity contribution in [2.75, 3.05) is 13.2 Å². The Morgan fingerprint density at radius 1 is 1.25 bits per heavy atom. The van der Waals surface area contributed by atoms with Gasteiger partial charge in [-0.15, -0.1) is 0 Å². The third-order valence-electron chi connectivity index (χ3n) is 4.02. The molecule has 1 unspecified atom stereocenters. The fourth-order valence-electron chi connectivity index (χ4n) is 2.99. The number of benzene rings is 1. The molecule has 1 saturated heterocycles. The molecule has 2 heterocycles. The second kappa shape index (κ2) is 5.63. The van der Waals surface area contributed by atoms with Crippen LogP contribution in [0.25, 0.3) is 0 Å². The van der Waals surface area contributed by atoms with Gasteiger partial charge in [0.25, 0.3) is 0 Å². The van der Waals surface area contributed by atoms with Gasteiger partial charge in [-0.25, -0.2) is 4.79 Å². The van der Waals surface area contributed by atoms with Crippen LogP contribution >= 0.6 is 0 Å². The zero-order chi connectivity index (χ0) is 13.9. The van der Waals surface area contributed by atoms with E-state index in [0.717, 1.165) is 31.6 Å². The van der Waals surface area contributed by atoms with Gasteiger partial charge >= 0.3 is 6.03 Å². The lowest BCUT2D eigenvalue weighted by atomic mass is 9.90. The highest BCUT2D eigenvalue weighted by atomic mass is 16.5. The fraction of sp³-hybridized carbons (Fsp3) is 0.467. The van der Waals surface area contributed by atoms with Gasteiger partial charge in [0.15, 0.2) is 0 Å². The van der Waals surface area contributed by atoms with Crippen molar-refractivity contribution in [1.82, 2.24) is 4.90 Å². The molecule has 1 aromatic carbocycles. The van der Waals surface area contributed by atoms with Crippen LogP contribution in [0.2, 0.25) is 0 Å². The fourth-order valence-corrected chi connectivity index (χ4v) is 2.99. The minimum atomic E-state index is -0.220. The SMILES string of the molecule is NC1=NC(=O)N(Cc2ccccc2)C1C1CCOCC1. The predicted molar refractivity (Wildman–Crippen MR) is 76.3 cm³/mol. The second-order valence-electron chi connectivity index (χ2n) is 5.33. The van der Waals surface area contributed by atoms with Gasteiger partial charge in [-0.3, -0.25) is 0 Å². The van der Waals surface area contributed by atoms with Gasteiger partial charge in [-0.2, -0.15) is 4.99 Å². The summed E-state index contributed by atoms with van der Waals surface area (Å²) in [7, 11) is 0. The molecule has 20 heavy (non-hydrogen) atoms. The van der Waals surface area contributed by atoms with Crippen LogP contribution in [0.15, 0.2) is 35.3 Å². The van der Waals surface area contributed by atoms with Gasteiger partial charge in [0.1, 0.15) is 5.84 Å². The molecular formula is C15H19N3O2. The molecule has 1 fully saturated rings. The molecule has 0 saturated carbocycles. The summed E-state index contributed by atoms with van der Waals surface area (Å²) in [6, 6.07) is 9.66. The first kappa shape index (κ1) is 13.1. The molecule has 2 amide bonds. The smallest absolute Gasteiger partial charge is 0.346 e. The molecule has 0 bridgehead atoms. The maximum absolute atomic E-state index is 12.1. The van der Waals surface area contributed by atoms with Gasteiger partial charge in [0, 0.05) is 19.8 Å². The number of hydrogen-bond donors (Lipinski definition) is 1. The Hall–Kier alpha value is -1.88. The first-order chi connectivity index (χ1) is 9.75. The summed E-state index contributed by atoms with van der Waals surface area (Å²) in [6.07, 6.45) is 1.86. The minimum Gasteiger partial charge on any atom is -0.385 e. The van der Waals surface area contributed by atoms with Crippen molar-refractivity contribution in [3.8, 4) is 0 Å². The first-order valence-electron chi connectivity index (χ1n) is 7.02. The van der Waals surface area contributed by atoms with E-state index >= 15 is 0 Å². The monoisotopic (exact) mass is 273 g/mol. The molecule has 1 aromatic rings. The Labute approximate surface area is 118 Å². The van der Waals surface area contributed by atoms with Crippen LogP contribution in [0.3, 0.4) is 0 Å². The topological polar surface area (TPSA) is 67.9 Å². The molecule has 0 spiro atoms. The Morgan fingerprint density at radius 3 is 2.65 bits per heavy atom. The average molecular weight is 273 g/mol. The molecule has 5 nitrogen and oxygen atoms in total. The molecule has 5 heteroatoms. The number of nitrogens with zero attached hydrogens (tertiary/aromatic N) is 2. The van der Waals surface area contributed by atoms with Crippen molar-refractivity contribution < 1.29 is 9.53 Å². The standard InChI is InChI=1S/C15H19N3O2/c16-14-13(12-6-8-20-9-7-12)18(15(19)17-14)10-11-4-2-1-3-5-11/h1-5,12-13H,6-10H2,(H2,16,17,19). The number of urea groups is 1. The van der Waals surface area contributed by atoms with Crippen LogP contribution in [-0.2, 0) is 11.3 Å². The molecule has 2 aliphatic rings. The van der Waals surface area contributed by atoms with E-state index < -0.39 is 0 Å². The number of hydrogen-bond acceptors (Lipinski definition) is 3. The lowest BCUT2D eigenvalue weighted by molar-refractivity contribution is 0.0486. The molecule has 1 atom stereocenters. The van der Waals surface area contributed by atoms with Gasteiger partial charge in [0.05, 0.1) is 6.04 Å². The average Bonchev–Trinajstić information content (AvgIpc) is 2.75. The summed E-state index contributed by atoms with van der Waals surface area (Å²) >= 11 is 0. The second-order valence-corrected chi connectivity index (χ2v) is 5.33. The first-order valence-corrected chi connectivity index (χ1v) is 7.02. The van der Waals surface area contributed by atoms with E-state index in [0.29, 0.717) is 18.3 Å². The Kier molecular flexibility index (Phi) is 3.69. The van der Waals surface area contributed by atoms with Crippen LogP contribution in [0, 0.1) is 5.92 Å². The molecule has 2 aliphatic heterocycles. The zero-order valence-electron chi connectivity index (χ0n) is 11.4. The highest BCUT2D eigenvalue weighted by Crippen LogP contribution is 2.28. The quantitative estimate of drug-likeness (QED) is 0.912. The predicted octanol–water partition coefficient (Wildman–Crippen LogP) is 1.77. The van der Waals surface area contributed by atoms with Crippen molar-refractivity contribution in [3.63, 3.8) is 0 Å². The lowest BCUT2D eigenvalue weighted by Crippen LogP contribution is -2.46. The van der Waals surface area contributed by atoms with Crippen LogP contribution < -0.4 is 5.73 Å².